The Kier molecular flexibility index (Phi) is 6.66. The lowest BCUT2D eigenvalue weighted by Crippen LogP contribution is -2.50. The number of carbonyl (C=O) groups is 2. The summed E-state index contributed by atoms with van der Waals surface area (Å²) in [4.78, 5) is 47.8. The van der Waals surface area contributed by atoms with Crippen molar-refractivity contribution >= 4 is 11.8 Å². The van der Waals surface area contributed by atoms with Crippen LogP contribution in [0.5, 0.6) is 0 Å². The van der Waals surface area contributed by atoms with Crippen LogP contribution in [-0.2, 0) is 16.0 Å². The van der Waals surface area contributed by atoms with Crippen LogP contribution >= 0.6 is 0 Å². The predicted molar refractivity (Wildman–Crippen MR) is 107 cm³/mol. The molecule has 1 atom stereocenters. The Morgan fingerprint density at radius 3 is 2.43 bits per heavy atom. The highest BCUT2D eigenvalue weighted by atomic mass is 16.2. The third-order valence-electron chi connectivity index (χ3n) is 4.05. The molecule has 0 radical (unpaired) electrons. The molecule has 8 heteroatoms. The Labute approximate surface area is 164 Å². The summed E-state index contributed by atoms with van der Waals surface area (Å²) in [5, 5.41) is 5.47. The number of carbonyl (C=O) groups excluding carboxylic acids is 2. The summed E-state index contributed by atoms with van der Waals surface area (Å²) < 4.78 is 0. The van der Waals surface area contributed by atoms with Crippen LogP contribution in [0.25, 0.3) is 11.4 Å². The van der Waals surface area contributed by atoms with Gasteiger partial charge in [0, 0.05) is 41.2 Å². The highest BCUT2D eigenvalue weighted by molar-refractivity contribution is 5.87. The van der Waals surface area contributed by atoms with Crippen LogP contribution in [0.4, 0.5) is 0 Å². The molecule has 0 saturated carbocycles. The van der Waals surface area contributed by atoms with Crippen molar-refractivity contribution in [3.8, 4) is 11.4 Å². The molecule has 0 aromatic carbocycles. The Hall–Kier alpha value is -3.03. The summed E-state index contributed by atoms with van der Waals surface area (Å²) >= 11 is 0. The summed E-state index contributed by atoms with van der Waals surface area (Å²) in [6.07, 6.45) is 3.58. The number of nitrogens with one attached hydrogen (secondary N) is 3. The Morgan fingerprint density at radius 2 is 1.86 bits per heavy atom. The SMILES string of the molecule is Cc1nc(-c2ccncc2)[nH]c(=O)c1CCC(=O)NC(C)C(=O)NC(C)(C)C. The average molecular weight is 385 g/mol. The first-order valence-corrected chi connectivity index (χ1v) is 9.18. The molecule has 8 nitrogen and oxygen atoms in total. The molecule has 2 aromatic heterocycles. The molecule has 2 aromatic rings. The zero-order valence-corrected chi connectivity index (χ0v) is 16.9. The van der Waals surface area contributed by atoms with Crippen molar-refractivity contribution in [3.05, 3.63) is 46.1 Å². The number of hydrogen-bond donors (Lipinski definition) is 3. The molecule has 2 rings (SSSR count). The number of aromatic amines is 1. The number of hydrogen-bond acceptors (Lipinski definition) is 5. The van der Waals surface area contributed by atoms with E-state index in [1.165, 1.54) is 0 Å². The smallest absolute Gasteiger partial charge is 0.254 e. The van der Waals surface area contributed by atoms with E-state index in [1.54, 1.807) is 38.4 Å². The zero-order chi connectivity index (χ0) is 20.9. The van der Waals surface area contributed by atoms with Crippen LogP contribution in [0.2, 0.25) is 0 Å². The highest BCUT2D eigenvalue weighted by Gasteiger charge is 2.21. The molecule has 150 valence electrons. The maximum absolute atomic E-state index is 12.4. The first-order chi connectivity index (χ1) is 13.1. The van der Waals surface area contributed by atoms with E-state index in [0.717, 1.165) is 5.56 Å². The van der Waals surface area contributed by atoms with Gasteiger partial charge in [0.05, 0.1) is 0 Å². The van der Waals surface area contributed by atoms with Crippen LogP contribution in [0, 0.1) is 6.92 Å². The minimum absolute atomic E-state index is 0.0906. The van der Waals surface area contributed by atoms with Gasteiger partial charge in [-0.05, 0) is 53.2 Å². The monoisotopic (exact) mass is 385 g/mol. The minimum Gasteiger partial charge on any atom is -0.350 e. The maximum Gasteiger partial charge on any atom is 0.254 e. The average Bonchev–Trinajstić information content (AvgIpc) is 2.60. The topological polar surface area (TPSA) is 117 Å². The lowest BCUT2D eigenvalue weighted by molar-refractivity contribution is -0.129. The van der Waals surface area contributed by atoms with Crippen LogP contribution in [0.15, 0.2) is 29.3 Å². The van der Waals surface area contributed by atoms with E-state index in [9.17, 15) is 14.4 Å². The number of rotatable bonds is 6. The summed E-state index contributed by atoms with van der Waals surface area (Å²) in [5.41, 5.74) is 1.15. The molecule has 2 amide bonds. The minimum atomic E-state index is -0.654. The third kappa shape index (κ3) is 6.00. The Balaban J connectivity index is 2.00. The van der Waals surface area contributed by atoms with Crippen molar-refractivity contribution in [2.45, 2.75) is 59.0 Å². The van der Waals surface area contributed by atoms with Gasteiger partial charge in [-0.2, -0.15) is 0 Å². The fourth-order valence-corrected chi connectivity index (χ4v) is 2.65. The lowest BCUT2D eigenvalue weighted by atomic mass is 10.1. The fraction of sp³-hybridized carbons (Fsp3) is 0.450. The fourth-order valence-electron chi connectivity index (χ4n) is 2.65. The molecule has 0 fully saturated rings. The molecule has 0 spiro atoms. The number of aromatic nitrogens is 3. The molecule has 2 heterocycles. The Morgan fingerprint density at radius 1 is 1.21 bits per heavy atom. The Bertz CT molecular complexity index is 900. The second-order valence-electron chi connectivity index (χ2n) is 7.74. The normalized spacial score (nSPS) is 12.3. The van der Waals surface area contributed by atoms with E-state index < -0.39 is 6.04 Å². The van der Waals surface area contributed by atoms with E-state index >= 15 is 0 Å². The van der Waals surface area contributed by atoms with Crippen LogP contribution < -0.4 is 16.2 Å². The molecular formula is C20H27N5O3. The van der Waals surface area contributed by atoms with E-state index in [0.29, 0.717) is 17.1 Å². The van der Waals surface area contributed by atoms with Crippen molar-refractivity contribution in [2.75, 3.05) is 0 Å². The zero-order valence-electron chi connectivity index (χ0n) is 16.9. The number of aryl methyl sites for hydroxylation is 1. The van der Waals surface area contributed by atoms with Crippen molar-refractivity contribution in [1.82, 2.24) is 25.6 Å². The number of H-pyrrole nitrogens is 1. The van der Waals surface area contributed by atoms with Gasteiger partial charge in [0.1, 0.15) is 11.9 Å². The summed E-state index contributed by atoms with van der Waals surface area (Å²) in [5.74, 6) is -0.0857. The predicted octanol–water partition coefficient (Wildman–Crippen LogP) is 1.49. The number of nitrogens with zero attached hydrogens (tertiary/aromatic N) is 2. The van der Waals surface area contributed by atoms with Gasteiger partial charge in [-0.3, -0.25) is 19.4 Å². The first-order valence-electron chi connectivity index (χ1n) is 9.18. The molecule has 3 N–H and O–H groups in total. The molecule has 0 aliphatic carbocycles. The second-order valence-corrected chi connectivity index (χ2v) is 7.74. The quantitative estimate of drug-likeness (QED) is 0.696. The van der Waals surface area contributed by atoms with Crippen LogP contribution in [-0.4, -0.2) is 38.3 Å². The molecule has 0 aliphatic rings. The molecule has 0 saturated heterocycles. The van der Waals surface area contributed by atoms with Gasteiger partial charge in [-0.1, -0.05) is 0 Å². The summed E-state index contributed by atoms with van der Waals surface area (Å²) in [6, 6.07) is 2.86. The van der Waals surface area contributed by atoms with Crippen molar-refractivity contribution < 1.29 is 9.59 Å². The van der Waals surface area contributed by atoms with Crippen LogP contribution in [0.3, 0.4) is 0 Å². The van der Waals surface area contributed by atoms with E-state index in [2.05, 4.69) is 25.6 Å². The molecule has 0 aliphatic heterocycles. The molecular weight excluding hydrogens is 358 g/mol. The van der Waals surface area contributed by atoms with Gasteiger partial charge in [0.2, 0.25) is 11.8 Å². The maximum atomic E-state index is 12.4. The lowest BCUT2D eigenvalue weighted by Gasteiger charge is -2.23. The van der Waals surface area contributed by atoms with Crippen LogP contribution in [0.1, 0.15) is 45.4 Å². The highest BCUT2D eigenvalue weighted by Crippen LogP contribution is 2.13. The molecule has 1 unspecified atom stereocenters. The third-order valence-corrected chi connectivity index (χ3v) is 4.05. The van der Waals surface area contributed by atoms with Gasteiger partial charge in [-0.25, -0.2) is 4.98 Å². The van der Waals surface area contributed by atoms with E-state index in [1.807, 2.05) is 20.8 Å². The van der Waals surface area contributed by atoms with Crippen molar-refractivity contribution in [1.29, 1.82) is 0 Å². The van der Waals surface area contributed by atoms with Gasteiger partial charge < -0.3 is 15.6 Å². The van der Waals surface area contributed by atoms with Crippen molar-refractivity contribution in [3.63, 3.8) is 0 Å². The van der Waals surface area contributed by atoms with Gasteiger partial charge >= 0.3 is 0 Å². The largest absolute Gasteiger partial charge is 0.350 e. The second kappa shape index (κ2) is 8.77. The van der Waals surface area contributed by atoms with Crippen molar-refractivity contribution in [2.24, 2.45) is 0 Å². The van der Waals surface area contributed by atoms with Gasteiger partial charge in [0.25, 0.3) is 5.56 Å². The first kappa shape index (κ1) is 21.3. The van der Waals surface area contributed by atoms with Gasteiger partial charge in [0.15, 0.2) is 0 Å². The van der Waals surface area contributed by atoms with E-state index in [-0.39, 0.29) is 35.8 Å². The summed E-state index contributed by atoms with van der Waals surface area (Å²) in [6.45, 7) is 8.99. The van der Waals surface area contributed by atoms with Gasteiger partial charge in [-0.15, -0.1) is 0 Å². The molecule has 28 heavy (non-hydrogen) atoms. The summed E-state index contributed by atoms with van der Waals surface area (Å²) in [7, 11) is 0. The standard InChI is InChI=1S/C20H27N5O3/c1-12-15(19(28)24-17(23-12)14-8-10-21-11-9-14)6-7-16(26)22-13(2)18(27)25-20(3,4)5/h8-11,13H,6-7H2,1-5H3,(H,22,26)(H,25,27)(H,23,24,28). The number of amides is 2. The molecule has 0 bridgehead atoms. The van der Waals surface area contributed by atoms with E-state index in [4.69, 9.17) is 0 Å². The number of pyridine rings is 1.